The lowest BCUT2D eigenvalue weighted by Crippen LogP contribution is -2.41. The molecule has 0 spiro atoms. The zero-order valence-corrected chi connectivity index (χ0v) is 14.6. The molecule has 126 valence electrons. The molecule has 4 nitrogen and oxygen atoms in total. The molecule has 2 aliphatic rings. The van der Waals surface area contributed by atoms with Crippen LogP contribution >= 0.6 is 11.6 Å². The van der Waals surface area contributed by atoms with Crippen molar-refractivity contribution < 1.29 is 0 Å². The van der Waals surface area contributed by atoms with Gasteiger partial charge in [0.15, 0.2) is 5.96 Å². The fraction of sp³-hybridized carbons (Fsp3) is 0.611. The summed E-state index contributed by atoms with van der Waals surface area (Å²) in [6, 6.07) is 8.90. The molecule has 1 saturated carbocycles. The lowest BCUT2D eigenvalue weighted by molar-refractivity contribution is 0.314. The monoisotopic (exact) mass is 334 g/mol. The molecule has 1 saturated heterocycles. The molecule has 1 aromatic carbocycles. The SMILES string of the molecule is CN=C(NCCc1ccccc1Cl)NCC1CCN(C2CC2)C1. The van der Waals surface area contributed by atoms with Crippen molar-refractivity contribution in [2.24, 2.45) is 10.9 Å². The van der Waals surface area contributed by atoms with Crippen LogP contribution in [0.5, 0.6) is 0 Å². The maximum atomic E-state index is 6.19. The summed E-state index contributed by atoms with van der Waals surface area (Å²) >= 11 is 6.19. The number of hydrogen-bond donors (Lipinski definition) is 2. The van der Waals surface area contributed by atoms with Crippen LogP contribution in [0.25, 0.3) is 0 Å². The van der Waals surface area contributed by atoms with Crippen molar-refractivity contribution in [2.45, 2.75) is 31.7 Å². The van der Waals surface area contributed by atoms with E-state index < -0.39 is 0 Å². The number of likely N-dealkylation sites (tertiary alicyclic amines) is 1. The number of rotatable bonds is 6. The lowest BCUT2D eigenvalue weighted by atomic mass is 10.1. The molecule has 1 aliphatic carbocycles. The van der Waals surface area contributed by atoms with E-state index in [1.165, 1.54) is 37.9 Å². The van der Waals surface area contributed by atoms with E-state index in [2.05, 4.69) is 26.6 Å². The first kappa shape index (κ1) is 16.6. The molecule has 0 aromatic heterocycles. The molecular weight excluding hydrogens is 308 g/mol. The van der Waals surface area contributed by atoms with Crippen LogP contribution in [0, 0.1) is 5.92 Å². The minimum atomic E-state index is 0.748. The van der Waals surface area contributed by atoms with Gasteiger partial charge in [0.1, 0.15) is 0 Å². The van der Waals surface area contributed by atoms with Gasteiger partial charge in [-0.3, -0.25) is 4.99 Å². The van der Waals surface area contributed by atoms with Gasteiger partial charge in [-0.1, -0.05) is 29.8 Å². The molecule has 5 heteroatoms. The van der Waals surface area contributed by atoms with E-state index in [0.717, 1.165) is 42.5 Å². The summed E-state index contributed by atoms with van der Waals surface area (Å²) in [6.07, 6.45) is 5.02. The summed E-state index contributed by atoms with van der Waals surface area (Å²) in [5, 5.41) is 7.69. The number of aliphatic imine (C=N–C) groups is 1. The van der Waals surface area contributed by atoms with Gasteiger partial charge in [-0.15, -0.1) is 0 Å². The van der Waals surface area contributed by atoms with Crippen molar-refractivity contribution in [1.29, 1.82) is 0 Å². The predicted molar refractivity (Wildman–Crippen MR) is 97.2 cm³/mol. The highest BCUT2D eigenvalue weighted by Crippen LogP contribution is 2.31. The molecule has 2 N–H and O–H groups in total. The Hall–Kier alpha value is -1.26. The van der Waals surface area contributed by atoms with E-state index in [0.29, 0.717) is 0 Å². The second-order valence-corrected chi connectivity index (χ2v) is 7.01. The standard InChI is InChI=1S/C18H27ClN4/c1-20-18(21-10-8-15-4-2-3-5-17(15)19)22-12-14-9-11-23(13-14)16-6-7-16/h2-5,14,16H,6-13H2,1H3,(H2,20,21,22). The third kappa shape index (κ3) is 4.85. The van der Waals surface area contributed by atoms with Crippen LogP contribution in [-0.2, 0) is 6.42 Å². The minimum absolute atomic E-state index is 0.748. The average molecular weight is 335 g/mol. The molecule has 0 radical (unpaired) electrons. The molecule has 1 unspecified atom stereocenters. The number of halogens is 1. The smallest absolute Gasteiger partial charge is 0.190 e. The summed E-state index contributed by atoms with van der Waals surface area (Å²) in [6.45, 7) is 4.36. The van der Waals surface area contributed by atoms with Gasteiger partial charge in [0.25, 0.3) is 0 Å². The molecule has 0 amide bonds. The van der Waals surface area contributed by atoms with Gasteiger partial charge >= 0.3 is 0 Å². The highest BCUT2D eigenvalue weighted by atomic mass is 35.5. The number of benzene rings is 1. The number of hydrogen-bond acceptors (Lipinski definition) is 2. The van der Waals surface area contributed by atoms with Crippen LogP contribution in [0.2, 0.25) is 5.02 Å². The number of guanidine groups is 1. The highest BCUT2D eigenvalue weighted by molar-refractivity contribution is 6.31. The van der Waals surface area contributed by atoms with Crippen LogP contribution in [0.4, 0.5) is 0 Å². The van der Waals surface area contributed by atoms with E-state index >= 15 is 0 Å². The maximum Gasteiger partial charge on any atom is 0.190 e. The van der Waals surface area contributed by atoms with Crippen molar-refractivity contribution in [1.82, 2.24) is 15.5 Å². The third-order valence-corrected chi connectivity index (χ3v) is 5.18. The molecule has 0 bridgehead atoms. The molecule has 3 rings (SSSR count). The molecule has 1 aromatic rings. The maximum absolute atomic E-state index is 6.19. The summed E-state index contributed by atoms with van der Waals surface area (Å²) in [4.78, 5) is 6.97. The van der Waals surface area contributed by atoms with E-state index in [-0.39, 0.29) is 0 Å². The van der Waals surface area contributed by atoms with Crippen molar-refractivity contribution >= 4 is 17.6 Å². The van der Waals surface area contributed by atoms with Crippen molar-refractivity contribution in [2.75, 3.05) is 33.2 Å². The van der Waals surface area contributed by atoms with Gasteiger partial charge in [0.2, 0.25) is 0 Å². The molecule has 23 heavy (non-hydrogen) atoms. The Balaban J connectivity index is 1.36. The van der Waals surface area contributed by atoms with Crippen LogP contribution in [0.1, 0.15) is 24.8 Å². The zero-order chi connectivity index (χ0) is 16.1. The van der Waals surface area contributed by atoms with Crippen LogP contribution in [0.15, 0.2) is 29.3 Å². The lowest BCUT2D eigenvalue weighted by Gasteiger charge is -2.17. The molecule has 1 aliphatic heterocycles. The second-order valence-electron chi connectivity index (χ2n) is 6.60. The first-order chi connectivity index (χ1) is 11.3. The van der Waals surface area contributed by atoms with Crippen LogP contribution in [0.3, 0.4) is 0 Å². The Kier molecular flexibility index (Phi) is 5.79. The Bertz CT molecular complexity index is 542. The highest BCUT2D eigenvalue weighted by Gasteiger charge is 2.34. The normalized spacial score (nSPS) is 22.3. The zero-order valence-electron chi connectivity index (χ0n) is 13.9. The molecule has 1 heterocycles. The predicted octanol–water partition coefficient (Wildman–Crippen LogP) is 2.53. The summed E-state index contributed by atoms with van der Waals surface area (Å²) in [7, 11) is 1.83. The first-order valence-electron chi connectivity index (χ1n) is 8.68. The fourth-order valence-electron chi connectivity index (χ4n) is 3.28. The van der Waals surface area contributed by atoms with E-state index in [4.69, 9.17) is 11.6 Å². The van der Waals surface area contributed by atoms with Crippen LogP contribution in [-0.4, -0.2) is 50.1 Å². The fourth-order valence-corrected chi connectivity index (χ4v) is 3.51. The number of nitrogens with zero attached hydrogens (tertiary/aromatic N) is 2. The first-order valence-corrected chi connectivity index (χ1v) is 9.06. The number of nitrogens with one attached hydrogen (secondary N) is 2. The average Bonchev–Trinajstić information content (AvgIpc) is 3.31. The van der Waals surface area contributed by atoms with Gasteiger partial charge in [-0.25, -0.2) is 0 Å². The Morgan fingerprint density at radius 1 is 1.26 bits per heavy atom. The van der Waals surface area contributed by atoms with Gasteiger partial charge in [0, 0.05) is 37.7 Å². The van der Waals surface area contributed by atoms with E-state index in [1.807, 2.05) is 25.2 Å². The minimum Gasteiger partial charge on any atom is -0.356 e. The second kappa shape index (κ2) is 8.02. The van der Waals surface area contributed by atoms with E-state index in [1.54, 1.807) is 0 Å². The summed E-state index contributed by atoms with van der Waals surface area (Å²) in [5.41, 5.74) is 1.17. The summed E-state index contributed by atoms with van der Waals surface area (Å²) < 4.78 is 0. The molecule has 2 fully saturated rings. The van der Waals surface area contributed by atoms with E-state index in [9.17, 15) is 0 Å². The Morgan fingerprint density at radius 2 is 2.09 bits per heavy atom. The topological polar surface area (TPSA) is 39.7 Å². The molecular formula is C18H27ClN4. The van der Waals surface area contributed by atoms with Crippen molar-refractivity contribution in [3.63, 3.8) is 0 Å². The van der Waals surface area contributed by atoms with Gasteiger partial charge < -0.3 is 15.5 Å². The molecule has 1 atom stereocenters. The van der Waals surface area contributed by atoms with Gasteiger partial charge in [-0.05, 0) is 49.8 Å². The van der Waals surface area contributed by atoms with Crippen molar-refractivity contribution in [3.8, 4) is 0 Å². The van der Waals surface area contributed by atoms with Crippen molar-refractivity contribution in [3.05, 3.63) is 34.9 Å². The van der Waals surface area contributed by atoms with Gasteiger partial charge in [0.05, 0.1) is 0 Å². The Labute approximate surface area is 144 Å². The van der Waals surface area contributed by atoms with Gasteiger partial charge in [-0.2, -0.15) is 0 Å². The summed E-state index contributed by atoms with van der Waals surface area (Å²) in [5.74, 6) is 1.64. The Morgan fingerprint density at radius 3 is 2.83 bits per heavy atom. The van der Waals surface area contributed by atoms with Crippen LogP contribution < -0.4 is 10.6 Å². The third-order valence-electron chi connectivity index (χ3n) is 4.81. The quantitative estimate of drug-likeness (QED) is 0.620. The largest absolute Gasteiger partial charge is 0.356 e.